The van der Waals surface area contributed by atoms with Gasteiger partial charge in [-0.25, -0.2) is 8.78 Å². The predicted octanol–water partition coefficient (Wildman–Crippen LogP) is 3.40. The zero-order valence-corrected chi connectivity index (χ0v) is 16.0. The molecule has 0 aromatic heterocycles. The van der Waals surface area contributed by atoms with Gasteiger partial charge in [0.1, 0.15) is 17.3 Å². The summed E-state index contributed by atoms with van der Waals surface area (Å²) in [4.78, 5) is 28.5. The van der Waals surface area contributed by atoms with E-state index in [-0.39, 0.29) is 5.91 Å². The molecule has 1 fully saturated rings. The first-order chi connectivity index (χ1) is 13.4. The van der Waals surface area contributed by atoms with Crippen LogP contribution in [0.15, 0.2) is 42.5 Å². The van der Waals surface area contributed by atoms with Crippen molar-refractivity contribution in [1.82, 2.24) is 9.80 Å². The Hall–Kier alpha value is -2.51. The molecule has 3 rings (SSSR count). The second-order valence-corrected chi connectivity index (χ2v) is 7.03. The van der Waals surface area contributed by atoms with Gasteiger partial charge in [0.2, 0.25) is 5.91 Å². The van der Waals surface area contributed by atoms with Gasteiger partial charge in [-0.05, 0) is 43.3 Å². The summed E-state index contributed by atoms with van der Waals surface area (Å²) in [5, 5.41) is 2.88. The number of nitrogens with one attached hydrogen (secondary N) is 1. The molecule has 0 aliphatic carbocycles. The van der Waals surface area contributed by atoms with Gasteiger partial charge in [-0.2, -0.15) is 0 Å². The zero-order chi connectivity index (χ0) is 20.3. The third-order valence-corrected chi connectivity index (χ3v) is 5.08. The van der Waals surface area contributed by atoms with Crippen molar-refractivity contribution in [2.75, 3.05) is 31.5 Å². The lowest BCUT2D eigenvalue weighted by molar-refractivity contribution is -0.121. The Morgan fingerprint density at radius 3 is 2.14 bits per heavy atom. The van der Waals surface area contributed by atoms with E-state index in [1.807, 2.05) is 4.90 Å². The number of anilines is 1. The number of carbonyl (C=O) groups excluding carboxylic acids is 2. The Bertz CT molecular complexity index is 848. The van der Waals surface area contributed by atoms with Crippen molar-refractivity contribution in [3.05, 3.63) is 64.7 Å². The number of hydrogen-bond acceptors (Lipinski definition) is 3. The minimum Gasteiger partial charge on any atom is -0.336 e. The number of halogens is 3. The molecule has 2 amide bonds. The van der Waals surface area contributed by atoms with E-state index < -0.39 is 29.3 Å². The van der Waals surface area contributed by atoms with Crippen LogP contribution in [0.4, 0.5) is 14.5 Å². The number of carbonyl (C=O) groups is 2. The van der Waals surface area contributed by atoms with Crippen molar-refractivity contribution in [3.63, 3.8) is 0 Å². The van der Waals surface area contributed by atoms with E-state index in [9.17, 15) is 18.4 Å². The van der Waals surface area contributed by atoms with Gasteiger partial charge in [-0.1, -0.05) is 17.7 Å². The first-order valence-electron chi connectivity index (χ1n) is 8.90. The van der Waals surface area contributed by atoms with Gasteiger partial charge in [-0.15, -0.1) is 0 Å². The Kier molecular flexibility index (Phi) is 6.26. The summed E-state index contributed by atoms with van der Waals surface area (Å²) < 4.78 is 27.4. The van der Waals surface area contributed by atoms with Crippen LogP contribution in [0.2, 0.25) is 5.02 Å². The normalized spacial score (nSPS) is 15.9. The van der Waals surface area contributed by atoms with Gasteiger partial charge in [0, 0.05) is 36.8 Å². The van der Waals surface area contributed by atoms with E-state index in [1.54, 1.807) is 36.1 Å². The smallest absolute Gasteiger partial charge is 0.253 e. The largest absolute Gasteiger partial charge is 0.336 e. The number of piperazine rings is 1. The fourth-order valence-electron chi connectivity index (χ4n) is 3.10. The summed E-state index contributed by atoms with van der Waals surface area (Å²) in [5.41, 5.74) is 0.106. The Morgan fingerprint density at radius 2 is 1.57 bits per heavy atom. The predicted molar refractivity (Wildman–Crippen MR) is 103 cm³/mol. The molecule has 28 heavy (non-hydrogen) atoms. The van der Waals surface area contributed by atoms with Crippen LogP contribution < -0.4 is 5.32 Å². The summed E-state index contributed by atoms with van der Waals surface area (Å²) >= 11 is 5.85. The maximum atomic E-state index is 13.7. The molecule has 1 N–H and O–H groups in total. The van der Waals surface area contributed by atoms with Crippen LogP contribution in [0.5, 0.6) is 0 Å². The molecule has 0 spiro atoms. The maximum Gasteiger partial charge on any atom is 0.253 e. The van der Waals surface area contributed by atoms with Crippen molar-refractivity contribution in [1.29, 1.82) is 0 Å². The van der Waals surface area contributed by atoms with Crippen LogP contribution in [0, 0.1) is 11.6 Å². The first-order valence-corrected chi connectivity index (χ1v) is 9.28. The lowest BCUT2D eigenvalue weighted by atomic mass is 10.1. The molecule has 1 atom stereocenters. The lowest BCUT2D eigenvalue weighted by Crippen LogP contribution is -2.54. The SMILES string of the molecule is CC(C(=O)Nc1c(F)cccc1F)N1CCN(C(=O)c2ccc(Cl)cc2)CC1. The maximum absolute atomic E-state index is 13.7. The second-order valence-electron chi connectivity index (χ2n) is 6.60. The van der Waals surface area contributed by atoms with Gasteiger partial charge in [0.05, 0.1) is 6.04 Å². The highest BCUT2D eigenvalue weighted by atomic mass is 35.5. The Balaban J connectivity index is 1.57. The lowest BCUT2D eigenvalue weighted by Gasteiger charge is -2.37. The van der Waals surface area contributed by atoms with Crippen molar-refractivity contribution < 1.29 is 18.4 Å². The van der Waals surface area contributed by atoms with E-state index in [4.69, 9.17) is 11.6 Å². The second kappa shape index (κ2) is 8.67. The monoisotopic (exact) mass is 407 g/mol. The summed E-state index contributed by atoms with van der Waals surface area (Å²) in [6.07, 6.45) is 0. The van der Waals surface area contributed by atoms with E-state index in [0.29, 0.717) is 36.8 Å². The zero-order valence-electron chi connectivity index (χ0n) is 15.3. The molecule has 0 bridgehead atoms. The molecule has 1 aliphatic heterocycles. The van der Waals surface area contributed by atoms with Crippen LogP contribution in [0.25, 0.3) is 0 Å². The van der Waals surface area contributed by atoms with Gasteiger partial charge >= 0.3 is 0 Å². The average Bonchev–Trinajstić information content (AvgIpc) is 2.70. The molecule has 1 aliphatic rings. The number of benzene rings is 2. The Morgan fingerprint density at radius 1 is 1.00 bits per heavy atom. The van der Waals surface area contributed by atoms with E-state index in [2.05, 4.69) is 5.32 Å². The summed E-state index contributed by atoms with van der Waals surface area (Å²) in [5.74, 6) is -2.24. The molecule has 1 unspecified atom stereocenters. The number of rotatable bonds is 4. The molecule has 2 aromatic rings. The van der Waals surface area contributed by atoms with Gasteiger partial charge < -0.3 is 10.2 Å². The van der Waals surface area contributed by atoms with Crippen LogP contribution in [0.3, 0.4) is 0 Å². The minimum absolute atomic E-state index is 0.0955. The molecule has 5 nitrogen and oxygen atoms in total. The third kappa shape index (κ3) is 4.48. The fraction of sp³-hybridized carbons (Fsp3) is 0.300. The quantitative estimate of drug-likeness (QED) is 0.845. The molecule has 1 saturated heterocycles. The van der Waals surface area contributed by atoms with Crippen LogP contribution in [-0.2, 0) is 4.79 Å². The van der Waals surface area contributed by atoms with Crippen molar-refractivity contribution in [2.45, 2.75) is 13.0 Å². The topological polar surface area (TPSA) is 52.7 Å². The first kappa shape index (κ1) is 20.2. The molecular weight excluding hydrogens is 388 g/mol. The van der Waals surface area contributed by atoms with Gasteiger partial charge in [0.15, 0.2) is 0 Å². The third-order valence-electron chi connectivity index (χ3n) is 4.83. The molecule has 0 saturated carbocycles. The van der Waals surface area contributed by atoms with E-state index in [0.717, 1.165) is 12.1 Å². The molecular formula is C20H20ClF2N3O2. The van der Waals surface area contributed by atoms with Crippen LogP contribution >= 0.6 is 11.6 Å². The molecule has 8 heteroatoms. The summed E-state index contributed by atoms with van der Waals surface area (Å²) in [6.45, 7) is 3.53. The number of hydrogen-bond donors (Lipinski definition) is 1. The average molecular weight is 408 g/mol. The van der Waals surface area contributed by atoms with Gasteiger partial charge in [-0.3, -0.25) is 14.5 Å². The number of amides is 2. The molecule has 148 valence electrons. The standard InChI is InChI=1S/C20H20ClF2N3O2/c1-13(19(27)24-18-16(22)3-2-4-17(18)23)25-9-11-26(12-10-25)20(28)14-5-7-15(21)8-6-14/h2-8,13H,9-12H2,1H3,(H,24,27). The van der Waals surface area contributed by atoms with Crippen LogP contribution in [0.1, 0.15) is 17.3 Å². The van der Waals surface area contributed by atoms with Crippen molar-refractivity contribution >= 4 is 29.1 Å². The summed E-state index contributed by atoms with van der Waals surface area (Å²) in [7, 11) is 0. The van der Waals surface area contributed by atoms with Crippen LogP contribution in [-0.4, -0.2) is 53.8 Å². The number of para-hydroxylation sites is 1. The molecule has 1 heterocycles. The van der Waals surface area contributed by atoms with Crippen molar-refractivity contribution in [3.8, 4) is 0 Å². The fourth-order valence-corrected chi connectivity index (χ4v) is 3.22. The highest BCUT2D eigenvalue weighted by Crippen LogP contribution is 2.19. The van der Waals surface area contributed by atoms with Gasteiger partial charge in [0.25, 0.3) is 5.91 Å². The van der Waals surface area contributed by atoms with E-state index >= 15 is 0 Å². The highest BCUT2D eigenvalue weighted by Gasteiger charge is 2.28. The summed E-state index contributed by atoms with van der Waals surface area (Å²) in [6, 6.07) is 9.51. The number of nitrogens with zero attached hydrogens (tertiary/aromatic N) is 2. The Labute approximate surface area is 166 Å². The van der Waals surface area contributed by atoms with Crippen molar-refractivity contribution in [2.24, 2.45) is 0 Å². The highest BCUT2D eigenvalue weighted by molar-refractivity contribution is 6.30. The molecule has 0 radical (unpaired) electrons. The minimum atomic E-state index is -0.820. The van der Waals surface area contributed by atoms with E-state index in [1.165, 1.54) is 6.07 Å². The molecule has 2 aromatic carbocycles.